The van der Waals surface area contributed by atoms with E-state index in [1.54, 1.807) is 11.8 Å². The molecule has 118 valence electrons. The van der Waals surface area contributed by atoms with Crippen molar-refractivity contribution in [2.75, 3.05) is 0 Å². The average Bonchev–Trinajstić information content (AvgIpc) is 2.87. The number of pyridine rings is 1. The fourth-order valence-electron chi connectivity index (χ4n) is 2.78. The Bertz CT molecular complexity index is 682. The third-order valence-electron chi connectivity index (χ3n) is 3.74. The fraction of sp³-hybridized carbons (Fsp3) is 0.421. The van der Waals surface area contributed by atoms with Crippen LogP contribution in [0.2, 0.25) is 0 Å². The molecular formula is C19H26N2S. The number of rotatable bonds is 7. The summed E-state index contributed by atoms with van der Waals surface area (Å²) < 4.78 is 2.17. The van der Waals surface area contributed by atoms with Crippen LogP contribution in [0.25, 0.3) is 10.6 Å². The number of nitrogens with zero attached hydrogens (tertiary/aromatic N) is 2. The van der Waals surface area contributed by atoms with Crippen LogP contribution in [-0.4, -0.2) is 9.38 Å². The number of fused-ring (bicyclic) bond motifs is 1. The molecule has 2 aromatic heterocycles. The molecule has 0 saturated heterocycles. The monoisotopic (exact) mass is 314 g/mol. The highest BCUT2D eigenvalue weighted by molar-refractivity contribution is 8.11. The minimum absolute atomic E-state index is 0.729. The lowest BCUT2D eigenvalue weighted by Gasteiger charge is -2.11. The summed E-state index contributed by atoms with van der Waals surface area (Å²) in [7, 11) is 0. The van der Waals surface area contributed by atoms with Gasteiger partial charge in [0.25, 0.3) is 0 Å². The van der Waals surface area contributed by atoms with Gasteiger partial charge in [-0.1, -0.05) is 51.1 Å². The van der Waals surface area contributed by atoms with Crippen LogP contribution in [0.5, 0.6) is 0 Å². The summed E-state index contributed by atoms with van der Waals surface area (Å²) in [5.41, 5.74) is 3.54. The summed E-state index contributed by atoms with van der Waals surface area (Å²) >= 11 is 1.70. The summed E-state index contributed by atoms with van der Waals surface area (Å²) in [6.45, 7) is 12.7. The smallest absolute Gasteiger partial charge is 0.137 e. The van der Waals surface area contributed by atoms with Gasteiger partial charge in [-0.15, -0.1) is 0 Å². The number of hydrogen-bond acceptors (Lipinski definition) is 2. The Balaban J connectivity index is 2.28. The van der Waals surface area contributed by atoms with E-state index in [1.165, 1.54) is 23.3 Å². The van der Waals surface area contributed by atoms with Crippen LogP contribution >= 0.6 is 11.8 Å². The molecule has 1 unspecified atom stereocenters. The van der Waals surface area contributed by atoms with Crippen LogP contribution in [0.3, 0.4) is 0 Å². The molecule has 0 aliphatic rings. The van der Waals surface area contributed by atoms with Crippen LogP contribution in [-0.2, 0) is 6.42 Å². The molecule has 2 heterocycles. The largest absolute Gasteiger partial charge is 0.299 e. The minimum Gasteiger partial charge on any atom is -0.299 e. The predicted molar refractivity (Wildman–Crippen MR) is 99.0 cm³/mol. The Morgan fingerprint density at radius 1 is 1.50 bits per heavy atom. The SMILES string of the molecule is C=C(C)S/C(=C\C)c1cnc2cc(CC(C)CCC)ccn12. The molecule has 2 nitrogen and oxygen atoms in total. The van der Waals surface area contributed by atoms with Crippen LogP contribution in [0.15, 0.2) is 42.1 Å². The zero-order valence-corrected chi connectivity index (χ0v) is 14.9. The van der Waals surface area contributed by atoms with Crippen molar-refractivity contribution in [1.82, 2.24) is 9.38 Å². The zero-order valence-electron chi connectivity index (χ0n) is 14.1. The first-order valence-electron chi connectivity index (χ1n) is 8.01. The lowest BCUT2D eigenvalue weighted by atomic mass is 9.98. The molecule has 0 bridgehead atoms. The topological polar surface area (TPSA) is 17.3 Å². The van der Waals surface area contributed by atoms with Gasteiger partial charge in [-0.2, -0.15) is 0 Å². The van der Waals surface area contributed by atoms with Crippen LogP contribution in [0, 0.1) is 5.92 Å². The van der Waals surface area contributed by atoms with E-state index in [2.05, 4.69) is 61.1 Å². The molecule has 0 amide bonds. The number of thioether (sulfide) groups is 1. The summed E-state index contributed by atoms with van der Waals surface area (Å²) in [6, 6.07) is 4.44. The molecule has 0 saturated carbocycles. The van der Waals surface area contributed by atoms with Crippen molar-refractivity contribution in [3.8, 4) is 0 Å². The molecular weight excluding hydrogens is 288 g/mol. The van der Waals surface area contributed by atoms with Crippen molar-refractivity contribution in [2.24, 2.45) is 5.92 Å². The number of hydrogen-bond donors (Lipinski definition) is 0. The van der Waals surface area contributed by atoms with Crippen molar-refractivity contribution < 1.29 is 0 Å². The molecule has 0 fully saturated rings. The highest BCUT2D eigenvalue weighted by atomic mass is 32.2. The molecule has 0 aromatic carbocycles. The van der Waals surface area contributed by atoms with Gasteiger partial charge in [-0.3, -0.25) is 4.40 Å². The van der Waals surface area contributed by atoms with Crippen LogP contribution in [0.1, 0.15) is 51.8 Å². The molecule has 0 spiro atoms. The highest BCUT2D eigenvalue weighted by Gasteiger charge is 2.10. The molecule has 0 radical (unpaired) electrons. The summed E-state index contributed by atoms with van der Waals surface area (Å²) in [6.07, 6.45) is 9.89. The van der Waals surface area contributed by atoms with Crippen molar-refractivity contribution in [3.05, 3.63) is 53.3 Å². The normalized spacial score (nSPS) is 13.5. The summed E-state index contributed by atoms with van der Waals surface area (Å²) in [5.74, 6) is 0.729. The van der Waals surface area contributed by atoms with E-state index in [4.69, 9.17) is 0 Å². The van der Waals surface area contributed by atoms with Gasteiger partial charge < -0.3 is 0 Å². The van der Waals surface area contributed by atoms with E-state index in [0.717, 1.165) is 28.6 Å². The first kappa shape index (κ1) is 16.9. The van der Waals surface area contributed by atoms with E-state index in [9.17, 15) is 0 Å². The van der Waals surface area contributed by atoms with Gasteiger partial charge in [-0.05, 0) is 48.8 Å². The lowest BCUT2D eigenvalue weighted by molar-refractivity contribution is 0.522. The Morgan fingerprint density at radius 2 is 2.27 bits per heavy atom. The third-order valence-corrected chi connectivity index (χ3v) is 4.76. The van der Waals surface area contributed by atoms with Crippen molar-refractivity contribution >= 4 is 22.3 Å². The van der Waals surface area contributed by atoms with Crippen molar-refractivity contribution in [2.45, 2.75) is 47.0 Å². The maximum Gasteiger partial charge on any atom is 0.137 e. The summed E-state index contributed by atoms with van der Waals surface area (Å²) in [4.78, 5) is 6.88. The van der Waals surface area contributed by atoms with Gasteiger partial charge in [0.05, 0.1) is 11.9 Å². The van der Waals surface area contributed by atoms with Gasteiger partial charge in [0.1, 0.15) is 5.65 Å². The molecule has 0 N–H and O–H groups in total. The second-order valence-electron chi connectivity index (χ2n) is 5.96. The Hall–Kier alpha value is -1.48. The molecule has 2 aromatic rings. The standard InChI is InChI=1S/C19H26N2S/c1-6-8-15(5)11-16-9-10-21-17(13-20-19(21)12-16)18(7-2)22-14(3)4/h7,9-10,12-13,15H,3,6,8,11H2,1-2,4-5H3/b18-7-. The minimum atomic E-state index is 0.729. The summed E-state index contributed by atoms with van der Waals surface area (Å²) in [5, 5.41) is 0. The van der Waals surface area contributed by atoms with E-state index >= 15 is 0 Å². The third kappa shape index (κ3) is 4.04. The Kier molecular flexibility index (Phi) is 5.90. The second kappa shape index (κ2) is 7.68. The Morgan fingerprint density at radius 3 is 2.91 bits per heavy atom. The molecule has 0 aliphatic heterocycles. The average molecular weight is 314 g/mol. The molecule has 3 heteroatoms. The van der Waals surface area contributed by atoms with Gasteiger partial charge in [-0.25, -0.2) is 4.98 Å². The van der Waals surface area contributed by atoms with E-state index in [1.807, 2.05) is 13.1 Å². The van der Waals surface area contributed by atoms with Gasteiger partial charge >= 0.3 is 0 Å². The van der Waals surface area contributed by atoms with E-state index < -0.39 is 0 Å². The van der Waals surface area contributed by atoms with E-state index in [0.29, 0.717) is 0 Å². The van der Waals surface area contributed by atoms with Crippen LogP contribution < -0.4 is 0 Å². The predicted octanol–water partition coefficient (Wildman–Crippen LogP) is 5.94. The van der Waals surface area contributed by atoms with Crippen LogP contribution in [0.4, 0.5) is 0 Å². The van der Waals surface area contributed by atoms with Gasteiger partial charge in [0.15, 0.2) is 0 Å². The quantitative estimate of drug-likeness (QED) is 0.629. The maximum absolute atomic E-state index is 4.59. The van der Waals surface area contributed by atoms with Crippen molar-refractivity contribution in [3.63, 3.8) is 0 Å². The molecule has 1 atom stereocenters. The van der Waals surface area contributed by atoms with Gasteiger partial charge in [0, 0.05) is 11.1 Å². The first-order chi connectivity index (χ1) is 10.5. The van der Waals surface area contributed by atoms with Crippen molar-refractivity contribution in [1.29, 1.82) is 0 Å². The maximum atomic E-state index is 4.59. The van der Waals surface area contributed by atoms with Gasteiger partial charge in [0.2, 0.25) is 0 Å². The highest BCUT2D eigenvalue weighted by Crippen LogP contribution is 2.32. The molecule has 22 heavy (non-hydrogen) atoms. The lowest BCUT2D eigenvalue weighted by Crippen LogP contribution is -2.00. The number of allylic oxidation sites excluding steroid dienone is 2. The first-order valence-corrected chi connectivity index (χ1v) is 8.82. The fourth-order valence-corrected chi connectivity index (χ4v) is 3.52. The molecule has 2 rings (SSSR count). The van der Waals surface area contributed by atoms with E-state index in [-0.39, 0.29) is 0 Å². The Labute approximate surface area is 138 Å². The number of aromatic nitrogens is 2. The second-order valence-corrected chi connectivity index (χ2v) is 7.30. The molecule has 0 aliphatic carbocycles. The zero-order chi connectivity index (χ0) is 16.1. The number of imidazole rings is 1.